The van der Waals surface area contributed by atoms with Crippen molar-refractivity contribution in [2.75, 3.05) is 0 Å². The van der Waals surface area contributed by atoms with Crippen molar-refractivity contribution >= 4 is 11.7 Å². The molecule has 0 amide bonds. The fraction of sp³-hybridized carbons (Fsp3) is 0.400. The maximum Gasteiger partial charge on any atom is 0.307 e. The first-order valence-electron chi connectivity index (χ1n) is 4.99. The zero-order valence-corrected chi connectivity index (χ0v) is 9.08. The Morgan fingerprint density at radius 1 is 1.56 bits per heavy atom. The molecule has 0 aromatic carbocycles. The summed E-state index contributed by atoms with van der Waals surface area (Å²) in [6.45, 7) is 3.99. The minimum atomic E-state index is -0.884. The summed E-state index contributed by atoms with van der Waals surface area (Å²) in [7, 11) is 0. The van der Waals surface area contributed by atoms with Crippen LogP contribution in [0.5, 0.6) is 0 Å². The molecule has 0 spiro atoms. The number of aliphatic carboxylic acids is 1. The van der Waals surface area contributed by atoms with Crippen molar-refractivity contribution in [2.24, 2.45) is 0 Å². The predicted octanol–water partition coefficient (Wildman–Crippen LogP) is 0.875. The number of fused-ring (bicyclic) bond motifs is 1. The van der Waals surface area contributed by atoms with E-state index in [0.717, 1.165) is 0 Å². The smallest absolute Gasteiger partial charge is 0.307 e. The van der Waals surface area contributed by atoms with Crippen molar-refractivity contribution in [1.82, 2.24) is 19.6 Å². The van der Waals surface area contributed by atoms with E-state index in [4.69, 9.17) is 5.11 Å². The lowest BCUT2D eigenvalue weighted by atomic mass is 10.2. The lowest BCUT2D eigenvalue weighted by Gasteiger charge is -1.96. The minimum Gasteiger partial charge on any atom is -0.481 e. The van der Waals surface area contributed by atoms with Crippen molar-refractivity contribution < 1.29 is 9.90 Å². The van der Waals surface area contributed by atoms with Gasteiger partial charge < -0.3 is 5.11 Å². The molecule has 0 aliphatic heterocycles. The van der Waals surface area contributed by atoms with E-state index in [-0.39, 0.29) is 12.3 Å². The highest BCUT2D eigenvalue weighted by atomic mass is 16.4. The quantitative estimate of drug-likeness (QED) is 0.830. The molecule has 0 aliphatic rings. The maximum absolute atomic E-state index is 10.5. The van der Waals surface area contributed by atoms with Gasteiger partial charge in [-0.05, 0) is 0 Å². The second-order valence-electron chi connectivity index (χ2n) is 3.90. The molecule has 0 saturated carbocycles. The van der Waals surface area contributed by atoms with Crippen LogP contribution in [0.1, 0.15) is 31.2 Å². The van der Waals surface area contributed by atoms with Crippen LogP contribution in [0, 0.1) is 0 Å². The van der Waals surface area contributed by atoms with Gasteiger partial charge in [-0.25, -0.2) is 9.50 Å². The molecule has 6 nitrogen and oxygen atoms in total. The third-order valence-corrected chi connectivity index (χ3v) is 2.14. The Bertz CT molecular complexity index is 533. The lowest BCUT2D eigenvalue weighted by Crippen LogP contribution is -2.03. The monoisotopic (exact) mass is 220 g/mol. The van der Waals surface area contributed by atoms with E-state index in [1.807, 2.05) is 13.8 Å². The molecule has 0 aliphatic carbocycles. The Kier molecular flexibility index (Phi) is 2.55. The van der Waals surface area contributed by atoms with Gasteiger partial charge in [0.2, 0.25) is 0 Å². The van der Waals surface area contributed by atoms with Gasteiger partial charge in [0.05, 0.1) is 6.42 Å². The summed E-state index contributed by atoms with van der Waals surface area (Å²) < 4.78 is 1.52. The molecule has 2 heterocycles. The summed E-state index contributed by atoms with van der Waals surface area (Å²) in [6, 6.07) is 0. The second-order valence-corrected chi connectivity index (χ2v) is 3.90. The van der Waals surface area contributed by atoms with E-state index in [1.54, 1.807) is 6.20 Å². The second kappa shape index (κ2) is 3.88. The van der Waals surface area contributed by atoms with Gasteiger partial charge in [0.1, 0.15) is 0 Å². The first kappa shape index (κ1) is 10.5. The minimum absolute atomic E-state index is 0.0557. The maximum atomic E-state index is 10.5. The standard InChI is InChI=1S/C10H12N4O2/c1-6(2)9-12-10-11-4-7(3-8(15)16)5-14(10)13-9/h4-6H,3H2,1-2H3,(H,15,16). The van der Waals surface area contributed by atoms with E-state index in [1.165, 1.54) is 10.7 Å². The van der Waals surface area contributed by atoms with E-state index in [9.17, 15) is 4.79 Å². The number of hydrogen-bond donors (Lipinski definition) is 1. The first-order chi connectivity index (χ1) is 7.56. The van der Waals surface area contributed by atoms with E-state index in [2.05, 4.69) is 15.1 Å². The third kappa shape index (κ3) is 2.00. The summed E-state index contributed by atoms with van der Waals surface area (Å²) >= 11 is 0. The van der Waals surface area contributed by atoms with Crippen molar-refractivity contribution in [2.45, 2.75) is 26.2 Å². The van der Waals surface area contributed by atoms with Crippen molar-refractivity contribution in [3.8, 4) is 0 Å². The fourth-order valence-corrected chi connectivity index (χ4v) is 1.35. The summed E-state index contributed by atoms with van der Waals surface area (Å²) in [6.07, 6.45) is 3.11. The molecule has 1 N–H and O–H groups in total. The van der Waals surface area contributed by atoms with Gasteiger partial charge in [0, 0.05) is 23.9 Å². The van der Waals surface area contributed by atoms with Gasteiger partial charge in [-0.2, -0.15) is 4.98 Å². The zero-order chi connectivity index (χ0) is 11.7. The molecule has 0 atom stereocenters. The van der Waals surface area contributed by atoms with Crippen LogP contribution < -0.4 is 0 Å². The number of carboxylic acid groups (broad SMARTS) is 1. The van der Waals surface area contributed by atoms with E-state index < -0.39 is 5.97 Å². The highest BCUT2D eigenvalue weighted by Crippen LogP contribution is 2.10. The van der Waals surface area contributed by atoms with Crippen molar-refractivity contribution in [1.29, 1.82) is 0 Å². The summed E-state index contributed by atoms with van der Waals surface area (Å²) in [5, 5.41) is 12.9. The number of hydrogen-bond acceptors (Lipinski definition) is 4. The first-order valence-corrected chi connectivity index (χ1v) is 4.99. The normalized spacial score (nSPS) is 11.2. The highest BCUT2D eigenvalue weighted by Gasteiger charge is 2.09. The van der Waals surface area contributed by atoms with Crippen LogP contribution in [-0.2, 0) is 11.2 Å². The Labute approximate surface area is 92.0 Å². The summed E-state index contributed by atoms with van der Waals surface area (Å²) in [5.74, 6) is 0.549. The number of carboxylic acids is 1. The van der Waals surface area contributed by atoms with Crippen LogP contribution in [0.25, 0.3) is 5.78 Å². The Hall–Kier alpha value is -1.98. The Morgan fingerprint density at radius 2 is 2.31 bits per heavy atom. The van der Waals surface area contributed by atoms with Crippen LogP contribution in [-0.4, -0.2) is 30.7 Å². The third-order valence-electron chi connectivity index (χ3n) is 2.14. The molecule has 6 heteroatoms. The molecule has 84 valence electrons. The van der Waals surface area contributed by atoms with E-state index in [0.29, 0.717) is 17.2 Å². The molecule has 2 aromatic rings. The van der Waals surface area contributed by atoms with Crippen LogP contribution in [0.4, 0.5) is 0 Å². The predicted molar refractivity (Wildman–Crippen MR) is 56.2 cm³/mol. The van der Waals surface area contributed by atoms with Gasteiger partial charge in [-0.3, -0.25) is 4.79 Å². The average molecular weight is 220 g/mol. The molecular weight excluding hydrogens is 208 g/mol. The Morgan fingerprint density at radius 3 is 2.94 bits per heavy atom. The number of carbonyl (C=O) groups is 1. The topological polar surface area (TPSA) is 80.4 Å². The molecule has 16 heavy (non-hydrogen) atoms. The molecule has 0 bridgehead atoms. The summed E-state index contributed by atoms with van der Waals surface area (Å²) in [5.41, 5.74) is 0.611. The molecule has 0 radical (unpaired) electrons. The largest absolute Gasteiger partial charge is 0.481 e. The van der Waals surface area contributed by atoms with Gasteiger partial charge in [-0.15, -0.1) is 5.10 Å². The van der Waals surface area contributed by atoms with Gasteiger partial charge >= 0.3 is 5.97 Å². The summed E-state index contributed by atoms with van der Waals surface area (Å²) in [4.78, 5) is 18.8. The van der Waals surface area contributed by atoms with Crippen LogP contribution in [0.3, 0.4) is 0 Å². The van der Waals surface area contributed by atoms with Gasteiger partial charge in [0.25, 0.3) is 5.78 Å². The number of nitrogens with zero attached hydrogens (tertiary/aromatic N) is 4. The lowest BCUT2D eigenvalue weighted by molar-refractivity contribution is -0.136. The zero-order valence-electron chi connectivity index (χ0n) is 9.08. The molecule has 0 fully saturated rings. The fourth-order valence-electron chi connectivity index (χ4n) is 1.35. The Balaban J connectivity index is 2.41. The highest BCUT2D eigenvalue weighted by molar-refractivity contribution is 5.69. The molecule has 0 unspecified atom stereocenters. The number of aromatic nitrogens is 4. The SMILES string of the molecule is CC(C)c1nc2ncc(CC(=O)O)cn2n1. The number of rotatable bonds is 3. The molecule has 2 rings (SSSR count). The molecular formula is C10H12N4O2. The molecule has 0 saturated heterocycles. The average Bonchev–Trinajstić information content (AvgIpc) is 2.59. The van der Waals surface area contributed by atoms with E-state index >= 15 is 0 Å². The van der Waals surface area contributed by atoms with Crippen LogP contribution >= 0.6 is 0 Å². The van der Waals surface area contributed by atoms with Crippen LogP contribution in [0.2, 0.25) is 0 Å². The van der Waals surface area contributed by atoms with Crippen molar-refractivity contribution in [3.05, 3.63) is 23.8 Å². The van der Waals surface area contributed by atoms with Gasteiger partial charge in [0.15, 0.2) is 5.82 Å². The van der Waals surface area contributed by atoms with Crippen molar-refractivity contribution in [3.63, 3.8) is 0 Å². The van der Waals surface area contributed by atoms with Crippen LogP contribution in [0.15, 0.2) is 12.4 Å². The van der Waals surface area contributed by atoms with Gasteiger partial charge in [-0.1, -0.05) is 13.8 Å². The molecule has 2 aromatic heterocycles.